The summed E-state index contributed by atoms with van der Waals surface area (Å²) in [6.45, 7) is 3.95. The number of aliphatic hydroxyl groups is 1. The summed E-state index contributed by atoms with van der Waals surface area (Å²) in [6.07, 6.45) is -2.97. The van der Waals surface area contributed by atoms with E-state index in [0.29, 0.717) is 11.4 Å². The molecule has 6 nitrogen and oxygen atoms in total. The second-order valence-corrected chi connectivity index (χ2v) is 9.59. The third-order valence-electron chi connectivity index (χ3n) is 4.79. The van der Waals surface area contributed by atoms with Gasteiger partial charge in [0.2, 0.25) is 0 Å². The zero-order chi connectivity index (χ0) is 22.8. The summed E-state index contributed by atoms with van der Waals surface area (Å²) in [5.41, 5.74) is 5.14. The molecule has 0 saturated heterocycles. The minimum Gasteiger partial charge on any atom is -0.550 e. The Hall–Kier alpha value is -0.910. The minimum absolute atomic E-state index is 0. The molecule has 0 fully saturated rings. The fourth-order valence-corrected chi connectivity index (χ4v) is 4.63. The van der Waals surface area contributed by atoms with Crippen molar-refractivity contribution in [2.45, 2.75) is 32.3 Å². The van der Waals surface area contributed by atoms with Crippen LogP contribution in [0.4, 0.5) is 4.39 Å². The molecule has 0 spiro atoms. The Bertz CT molecular complexity index is 1230. The monoisotopic (exact) mass is 488 g/mol. The number of fused-ring (bicyclic) bond motifs is 1. The number of carboxylic acid groups (broad SMARTS) is 1. The summed E-state index contributed by atoms with van der Waals surface area (Å²) in [4.78, 5) is 20.8. The molecule has 0 amide bonds. The number of carboxylic acids is 1. The molecular formula is C23H22FNNa2O5P+. The summed E-state index contributed by atoms with van der Waals surface area (Å²) in [5, 5.41) is 21.2. The maximum atomic E-state index is 13.5. The predicted molar refractivity (Wildman–Crippen MR) is 115 cm³/mol. The maximum Gasteiger partial charge on any atom is 1.00 e. The van der Waals surface area contributed by atoms with E-state index in [4.69, 9.17) is 0 Å². The fourth-order valence-electron chi connectivity index (χ4n) is 3.56. The van der Waals surface area contributed by atoms with Crippen molar-refractivity contribution in [3.8, 4) is 17.3 Å². The van der Waals surface area contributed by atoms with Crippen molar-refractivity contribution >= 4 is 24.2 Å². The van der Waals surface area contributed by atoms with E-state index in [1.807, 2.05) is 38.1 Å². The van der Waals surface area contributed by atoms with Gasteiger partial charge >= 0.3 is 59.1 Å². The van der Waals surface area contributed by atoms with E-state index < -0.39 is 37.8 Å². The van der Waals surface area contributed by atoms with Crippen molar-refractivity contribution in [3.63, 3.8) is 0 Å². The molecule has 3 aromatic rings. The van der Waals surface area contributed by atoms with Crippen LogP contribution in [0, 0.1) is 17.4 Å². The Kier molecular flexibility index (Phi) is 11.6. The molecule has 0 aliphatic carbocycles. The molecule has 1 aromatic heterocycles. The van der Waals surface area contributed by atoms with E-state index in [1.165, 1.54) is 12.1 Å². The third kappa shape index (κ3) is 7.53. The van der Waals surface area contributed by atoms with Gasteiger partial charge in [-0.05, 0) is 53.4 Å². The molecule has 2 atom stereocenters. The Morgan fingerprint density at radius 3 is 2.33 bits per heavy atom. The summed E-state index contributed by atoms with van der Waals surface area (Å²) >= 11 is 0. The van der Waals surface area contributed by atoms with Crippen LogP contribution in [-0.2, 0) is 9.36 Å². The number of hydrogen-bond donors (Lipinski definition) is 2. The first kappa shape index (κ1) is 30.1. The number of benzene rings is 2. The van der Waals surface area contributed by atoms with Crippen molar-refractivity contribution in [2.75, 3.05) is 6.16 Å². The predicted octanol–water partition coefficient (Wildman–Crippen LogP) is -3.02. The van der Waals surface area contributed by atoms with Gasteiger partial charge < -0.3 is 24.5 Å². The van der Waals surface area contributed by atoms with E-state index in [1.54, 1.807) is 16.7 Å². The number of halogens is 1. The molecular weight excluding hydrogens is 466 g/mol. The molecule has 1 heterocycles. The van der Waals surface area contributed by atoms with Crippen molar-refractivity contribution in [1.82, 2.24) is 4.57 Å². The van der Waals surface area contributed by atoms with Gasteiger partial charge in [0.15, 0.2) is 0 Å². The molecule has 33 heavy (non-hydrogen) atoms. The summed E-state index contributed by atoms with van der Waals surface area (Å²) in [5.74, 6) is 0.917. The largest absolute Gasteiger partial charge is 1.00 e. The van der Waals surface area contributed by atoms with Crippen LogP contribution in [0.5, 0.6) is 0 Å². The topological polar surface area (TPSA) is 103 Å². The van der Waals surface area contributed by atoms with E-state index >= 15 is 0 Å². The van der Waals surface area contributed by atoms with Gasteiger partial charge in [0.05, 0.1) is 17.8 Å². The SMILES string of the molecule is CC(C)c1c(C#CP(=O)(O)C[C@@H](O)CC(=O)[O-])n(-c2ccc(F)cc2)c2ccccc12.[Na+].[Na+]. The standard InChI is InChI=1S/C23H23FNO5P.2Na/c1-15(2)23-19-5-3-4-6-20(19)25(17-9-7-16(24)8-10-17)21(23)11-12-31(29,30)14-18(26)13-22(27)28;;/h3-10,15,18,26H,13-14H2,1-2H3,(H,27,28)(H,29,30);;/q;2*+1/p-1/t18-;;/m0../s1. The van der Waals surface area contributed by atoms with Crippen LogP contribution < -0.4 is 64.2 Å². The van der Waals surface area contributed by atoms with Gasteiger partial charge in [0, 0.05) is 23.5 Å². The normalized spacial score (nSPS) is 13.3. The fraction of sp³-hybridized carbons (Fsp3) is 0.261. The second-order valence-electron chi connectivity index (χ2n) is 7.60. The van der Waals surface area contributed by atoms with Crippen molar-refractivity contribution in [1.29, 1.82) is 0 Å². The molecule has 10 heteroatoms. The van der Waals surface area contributed by atoms with Crippen LogP contribution in [0.3, 0.4) is 0 Å². The summed E-state index contributed by atoms with van der Waals surface area (Å²) in [6, 6.07) is 13.4. The first-order valence-electron chi connectivity index (χ1n) is 9.71. The van der Waals surface area contributed by atoms with Gasteiger partial charge in [-0.3, -0.25) is 4.57 Å². The number of nitrogens with zero attached hydrogens (tertiary/aromatic N) is 1. The Morgan fingerprint density at radius 1 is 1.15 bits per heavy atom. The molecule has 0 saturated carbocycles. The quantitative estimate of drug-likeness (QED) is 0.219. The third-order valence-corrected chi connectivity index (χ3v) is 6.16. The van der Waals surface area contributed by atoms with Crippen molar-refractivity contribution < 1.29 is 88.0 Å². The van der Waals surface area contributed by atoms with Gasteiger partial charge in [0.1, 0.15) is 11.5 Å². The first-order valence-corrected chi connectivity index (χ1v) is 11.6. The maximum absolute atomic E-state index is 13.5. The molecule has 0 aliphatic heterocycles. The Morgan fingerprint density at radius 2 is 1.76 bits per heavy atom. The first-order chi connectivity index (χ1) is 14.6. The molecule has 0 aliphatic rings. The second kappa shape index (κ2) is 12.7. The molecule has 2 aromatic carbocycles. The van der Waals surface area contributed by atoms with Crippen LogP contribution in [0.1, 0.15) is 37.4 Å². The van der Waals surface area contributed by atoms with Gasteiger partial charge in [-0.1, -0.05) is 32.0 Å². The number of carbonyl (C=O) groups is 1. The number of carbonyl (C=O) groups excluding carboxylic acids is 1. The number of aromatic nitrogens is 1. The minimum atomic E-state index is -4.16. The van der Waals surface area contributed by atoms with E-state index in [9.17, 15) is 28.9 Å². The average molecular weight is 488 g/mol. The van der Waals surface area contributed by atoms with Crippen LogP contribution in [0.2, 0.25) is 0 Å². The van der Waals surface area contributed by atoms with Crippen molar-refractivity contribution in [2.24, 2.45) is 0 Å². The molecule has 2 N–H and O–H groups in total. The summed E-state index contributed by atoms with van der Waals surface area (Å²) < 4.78 is 27.8. The number of hydrogen-bond acceptors (Lipinski definition) is 4. The van der Waals surface area contributed by atoms with E-state index in [-0.39, 0.29) is 65.0 Å². The van der Waals surface area contributed by atoms with Gasteiger partial charge in [0.25, 0.3) is 7.37 Å². The Labute approximate surface area is 236 Å². The summed E-state index contributed by atoms with van der Waals surface area (Å²) in [7, 11) is -4.16. The Balaban J connectivity index is 0.00000272. The smallest absolute Gasteiger partial charge is 0.550 e. The average Bonchev–Trinajstić information content (AvgIpc) is 3.00. The van der Waals surface area contributed by atoms with Crippen LogP contribution in [0.15, 0.2) is 48.5 Å². The molecule has 3 rings (SSSR count). The van der Waals surface area contributed by atoms with Crippen molar-refractivity contribution in [3.05, 3.63) is 65.6 Å². The molecule has 0 radical (unpaired) electrons. The number of rotatable bonds is 6. The number of para-hydroxylation sites is 1. The molecule has 1 unspecified atom stereocenters. The van der Waals surface area contributed by atoms with Crippen LogP contribution in [0.25, 0.3) is 16.6 Å². The van der Waals surface area contributed by atoms with Crippen LogP contribution in [-0.4, -0.2) is 32.8 Å². The van der Waals surface area contributed by atoms with Gasteiger partial charge in [-0.25, -0.2) is 4.39 Å². The zero-order valence-corrected chi connectivity index (χ0v) is 24.0. The number of aliphatic hydroxyl groups excluding tert-OH is 1. The molecule has 0 bridgehead atoms. The van der Waals surface area contributed by atoms with E-state index in [2.05, 4.69) is 11.6 Å². The van der Waals surface area contributed by atoms with Crippen LogP contribution >= 0.6 is 7.37 Å². The molecule has 162 valence electrons. The zero-order valence-electron chi connectivity index (χ0n) is 19.1. The van der Waals surface area contributed by atoms with E-state index in [0.717, 1.165) is 16.5 Å². The van der Waals surface area contributed by atoms with Gasteiger partial charge in [-0.15, -0.1) is 0 Å². The number of aliphatic carboxylic acids is 1. The van der Waals surface area contributed by atoms with Gasteiger partial charge in [-0.2, -0.15) is 0 Å².